The van der Waals surface area contributed by atoms with E-state index in [1.165, 1.54) is 16.4 Å². The van der Waals surface area contributed by atoms with E-state index in [0.717, 1.165) is 19.3 Å². The summed E-state index contributed by atoms with van der Waals surface area (Å²) in [6, 6.07) is 4.56. The average Bonchev–Trinajstić information content (AvgIpc) is 2.59. The van der Waals surface area contributed by atoms with Crippen LogP contribution in [0.2, 0.25) is 0 Å². The summed E-state index contributed by atoms with van der Waals surface area (Å²) in [4.78, 5) is 22.9. The number of carboxylic acid groups (broad SMARTS) is 1. The number of carbonyl (C=O) groups is 2. The summed E-state index contributed by atoms with van der Waals surface area (Å²) < 4.78 is 26.9. The van der Waals surface area contributed by atoms with Crippen LogP contribution in [0, 0.1) is 6.92 Å². The first-order chi connectivity index (χ1) is 11.8. The van der Waals surface area contributed by atoms with Gasteiger partial charge in [-0.1, -0.05) is 12.5 Å². The molecule has 0 aliphatic carbocycles. The molecule has 138 valence electrons. The maximum absolute atomic E-state index is 12.7. The third kappa shape index (κ3) is 5.02. The standard InChI is InChI=1S/C17H24N2O5S/c1-13-7-8-14(25(23,24)19-10-3-2-4-11-19)12-15(13)17(22)18-9-5-6-16(20)21/h7-8,12H,2-6,9-11H2,1H3,(H,18,22)(H,20,21). The second-order valence-corrected chi connectivity index (χ2v) is 8.13. The normalized spacial score (nSPS) is 15.7. The molecular weight excluding hydrogens is 344 g/mol. The van der Waals surface area contributed by atoms with Crippen molar-refractivity contribution in [1.82, 2.24) is 9.62 Å². The maximum atomic E-state index is 12.7. The number of aliphatic carboxylic acids is 1. The Balaban J connectivity index is 2.13. The van der Waals surface area contributed by atoms with E-state index < -0.39 is 21.9 Å². The third-order valence-electron chi connectivity index (χ3n) is 4.26. The Morgan fingerprint density at radius 2 is 1.88 bits per heavy atom. The molecule has 0 spiro atoms. The number of sulfonamides is 1. The summed E-state index contributed by atoms with van der Waals surface area (Å²) in [6.07, 6.45) is 3.03. The molecule has 2 N–H and O–H groups in total. The highest BCUT2D eigenvalue weighted by Gasteiger charge is 2.27. The fourth-order valence-electron chi connectivity index (χ4n) is 2.80. The average molecular weight is 368 g/mol. The first-order valence-electron chi connectivity index (χ1n) is 8.43. The second-order valence-electron chi connectivity index (χ2n) is 6.19. The number of piperidine rings is 1. The molecule has 2 rings (SSSR count). The molecule has 25 heavy (non-hydrogen) atoms. The molecule has 1 aliphatic heterocycles. The van der Waals surface area contributed by atoms with Gasteiger partial charge >= 0.3 is 5.97 Å². The Morgan fingerprint density at radius 1 is 1.20 bits per heavy atom. The fraction of sp³-hybridized carbons (Fsp3) is 0.529. The van der Waals surface area contributed by atoms with E-state index in [9.17, 15) is 18.0 Å². The van der Waals surface area contributed by atoms with Crippen LogP contribution in [0.1, 0.15) is 48.0 Å². The summed E-state index contributed by atoms with van der Waals surface area (Å²) >= 11 is 0. The van der Waals surface area contributed by atoms with Gasteiger partial charge in [0.15, 0.2) is 0 Å². The Kier molecular flexibility index (Phi) is 6.55. The molecule has 7 nitrogen and oxygen atoms in total. The second kappa shape index (κ2) is 8.44. The van der Waals surface area contributed by atoms with E-state index in [1.807, 2.05) is 0 Å². The van der Waals surface area contributed by atoms with Crippen LogP contribution >= 0.6 is 0 Å². The molecule has 0 bridgehead atoms. The molecule has 0 saturated carbocycles. The third-order valence-corrected chi connectivity index (χ3v) is 6.15. The summed E-state index contributed by atoms with van der Waals surface area (Å²) in [5, 5.41) is 11.2. The van der Waals surface area contributed by atoms with E-state index in [1.54, 1.807) is 13.0 Å². The first-order valence-corrected chi connectivity index (χ1v) is 9.87. The van der Waals surface area contributed by atoms with Gasteiger partial charge in [0.25, 0.3) is 5.91 Å². The zero-order valence-corrected chi connectivity index (χ0v) is 15.1. The summed E-state index contributed by atoms with van der Waals surface area (Å²) in [5.74, 6) is -1.31. The molecule has 1 fully saturated rings. The van der Waals surface area contributed by atoms with Crippen molar-refractivity contribution in [2.24, 2.45) is 0 Å². The van der Waals surface area contributed by atoms with Crippen LogP contribution in [-0.4, -0.2) is 49.3 Å². The maximum Gasteiger partial charge on any atom is 0.303 e. The molecule has 1 aromatic rings. The lowest BCUT2D eigenvalue weighted by atomic mass is 10.1. The van der Waals surface area contributed by atoms with Crippen molar-refractivity contribution in [2.75, 3.05) is 19.6 Å². The van der Waals surface area contributed by atoms with E-state index in [-0.39, 0.29) is 17.9 Å². The van der Waals surface area contributed by atoms with Gasteiger partial charge in [-0.2, -0.15) is 4.31 Å². The van der Waals surface area contributed by atoms with E-state index in [2.05, 4.69) is 5.32 Å². The first kappa shape index (κ1) is 19.4. The topological polar surface area (TPSA) is 104 Å². The molecule has 1 aromatic carbocycles. The zero-order chi connectivity index (χ0) is 18.4. The quantitative estimate of drug-likeness (QED) is 0.714. The van der Waals surface area contributed by atoms with E-state index in [4.69, 9.17) is 5.11 Å². The predicted octanol–water partition coefficient (Wildman–Crippen LogP) is 1.76. The van der Waals surface area contributed by atoms with Crippen molar-refractivity contribution in [3.63, 3.8) is 0 Å². The SMILES string of the molecule is Cc1ccc(S(=O)(=O)N2CCCCC2)cc1C(=O)NCCCC(=O)O. The Bertz CT molecular complexity index is 739. The lowest BCUT2D eigenvalue weighted by molar-refractivity contribution is -0.137. The molecule has 0 aromatic heterocycles. The molecule has 1 aliphatic rings. The van der Waals surface area contributed by atoms with Crippen molar-refractivity contribution in [3.05, 3.63) is 29.3 Å². The van der Waals surface area contributed by atoms with Crippen LogP contribution in [0.5, 0.6) is 0 Å². The molecule has 1 amide bonds. The molecule has 0 atom stereocenters. The van der Waals surface area contributed by atoms with Crippen LogP contribution in [0.4, 0.5) is 0 Å². The number of nitrogens with zero attached hydrogens (tertiary/aromatic N) is 1. The van der Waals surface area contributed by atoms with Crippen LogP contribution in [0.3, 0.4) is 0 Å². The summed E-state index contributed by atoms with van der Waals surface area (Å²) in [5.41, 5.74) is 0.974. The number of amides is 1. The van der Waals surface area contributed by atoms with E-state index >= 15 is 0 Å². The Morgan fingerprint density at radius 3 is 2.52 bits per heavy atom. The van der Waals surface area contributed by atoms with Crippen molar-refractivity contribution < 1.29 is 23.1 Å². The molecule has 8 heteroatoms. The molecule has 0 unspecified atom stereocenters. The number of nitrogens with one attached hydrogen (secondary N) is 1. The minimum absolute atomic E-state index is 0.0252. The number of rotatable bonds is 7. The summed E-state index contributed by atoms with van der Waals surface area (Å²) in [6.45, 7) is 2.98. The van der Waals surface area contributed by atoms with Gasteiger partial charge in [0, 0.05) is 31.6 Å². The predicted molar refractivity (Wildman–Crippen MR) is 93.0 cm³/mol. The van der Waals surface area contributed by atoms with Crippen molar-refractivity contribution >= 4 is 21.9 Å². The van der Waals surface area contributed by atoms with Gasteiger partial charge in [-0.25, -0.2) is 8.42 Å². The Hall–Kier alpha value is -1.93. The molecule has 0 radical (unpaired) electrons. The van der Waals surface area contributed by atoms with Gasteiger partial charge in [0.05, 0.1) is 4.90 Å². The van der Waals surface area contributed by atoms with Gasteiger partial charge < -0.3 is 10.4 Å². The molecule has 1 saturated heterocycles. The highest BCUT2D eigenvalue weighted by atomic mass is 32.2. The number of benzene rings is 1. The molecular formula is C17H24N2O5S. The number of hydrogen-bond donors (Lipinski definition) is 2. The van der Waals surface area contributed by atoms with Crippen LogP contribution in [-0.2, 0) is 14.8 Å². The minimum atomic E-state index is -3.60. The van der Waals surface area contributed by atoms with Gasteiger partial charge in [-0.3, -0.25) is 9.59 Å². The lowest BCUT2D eigenvalue weighted by Crippen LogP contribution is -2.35. The highest BCUT2D eigenvalue weighted by Crippen LogP contribution is 2.22. The van der Waals surface area contributed by atoms with E-state index in [0.29, 0.717) is 30.6 Å². The van der Waals surface area contributed by atoms with Gasteiger partial charge in [-0.05, 0) is 43.9 Å². The number of carbonyl (C=O) groups excluding carboxylic acids is 1. The largest absolute Gasteiger partial charge is 0.481 e. The zero-order valence-electron chi connectivity index (χ0n) is 14.3. The molecule has 1 heterocycles. The van der Waals surface area contributed by atoms with Crippen molar-refractivity contribution in [2.45, 2.75) is 43.9 Å². The number of hydrogen-bond acceptors (Lipinski definition) is 4. The highest BCUT2D eigenvalue weighted by molar-refractivity contribution is 7.89. The van der Waals surface area contributed by atoms with Gasteiger partial charge in [0.1, 0.15) is 0 Å². The van der Waals surface area contributed by atoms with Gasteiger partial charge in [0.2, 0.25) is 10.0 Å². The van der Waals surface area contributed by atoms with Crippen molar-refractivity contribution in [3.8, 4) is 0 Å². The van der Waals surface area contributed by atoms with Crippen LogP contribution in [0.25, 0.3) is 0 Å². The fourth-order valence-corrected chi connectivity index (χ4v) is 4.34. The number of aryl methyl sites for hydroxylation is 1. The van der Waals surface area contributed by atoms with Crippen LogP contribution < -0.4 is 5.32 Å². The Labute approximate surface area is 148 Å². The lowest BCUT2D eigenvalue weighted by Gasteiger charge is -2.26. The van der Waals surface area contributed by atoms with Crippen LogP contribution in [0.15, 0.2) is 23.1 Å². The minimum Gasteiger partial charge on any atom is -0.481 e. The summed E-state index contributed by atoms with van der Waals surface area (Å²) in [7, 11) is -3.60. The monoisotopic (exact) mass is 368 g/mol. The van der Waals surface area contributed by atoms with Crippen molar-refractivity contribution in [1.29, 1.82) is 0 Å². The van der Waals surface area contributed by atoms with Gasteiger partial charge in [-0.15, -0.1) is 0 Å². The smallest absolute Gasteiger partial charge is 0.303 e. The number of carboxylic acids is 1.